The SMILES string of the molecule is CCOC(=O)CC(NC(=O)c1ccc(OCCN)cc1O)c1cccnc1.Cl.Cl. The molecule has 160 valence electrons. The number of phenols is 1. The maximum Gasteiger partial charge on any atom is 0.308 e. The van der Waals surface area contributed by atoms with E-state index < -0.39 is 17.9 Å². The Kier molecular flexibility index (Phi) is 12.4. The Bertz CT molecular complexity index is 778. The molecule has 4 N–H and O–H groups in total. The number of aromatic nitrogens is 1. The number of nitrogens with one attached hydrogen (secondary N) is 1. The highest BCUT2D eigenvalue weighted by atomic mass is 35.5. The van der Waals surface area contributed by atoms with Crippen LogP contribution < -0.4 is 15.8 Å². The molecule has 0 fully saturated rings. The lowest BCUT2D eigenvalue weighted by atomic mass is 10.0. The lowest BCUT2D eigenvalue weighted by Gasteiger charge is -2.18. The zero-order chi connectivity index (χ0) is 19.6. The maximum atomic E-state index is 12.6. The molecule has 0 aliphatic heterocycles. The number of halogens is 2. The molecule has 0 bridgehead atoms. The summed E-state index contributed by atoms with van der Waals surface area (Å²) in [6, 6.07) is 7.17. The zero-order valence-electron chi connectivity index (χ0n) is 15.9. The molecule has 2 rings (SSSR count). The van der Waals surface area contributed by atoms with Crippen LogP contribution in [-0.4, -0.2) is 41.7 Å². The summed E-state index contributed by atoms with van der Waals surface area (Å²) < 4.78 is 10.3. The van der Waals surface area contributed by atoms with Crippen molar-refractivity contribution in [1.82, 2.24) is 10.3 Å². The highest BCUT2D eigenvalue weighted by molar-refractivity contribution is 5.97. The average Bonchev–Trinajstić information content (AvgIpc) is 2.66. The molecule has 0 aliphatic carbocycles. The second-order valence-electron chi connectivity index (χ2n) is 5.64. The van der Waals surface area contributed by atoms with E-state index in [1.807, 2.05) is 0 Å². The van der Waals surface area contributed by atoms with Crippen molar-refractivity contribution in [2.45, 2.75) is 19.4 Å². The van der Waals surface area contributed by atoms with Crippen LogP contribution in [0.1, 0.15) is 35.3 Å². The lowest BCUT2D eigenvalue weighted by Crippen LogP contribution is -2.30. The molecule has 1 heterocycles. The van der Waals surface area contributed by atoms with Gasteiger partial charge in [-0.3, -0.25) is 14.6 Å². The number of rotatable bonds is 9. The third-order valence-electron chi connectivity index (χ3n) is 3.67. The summed E-state index contributed by atoms with van der Waals surface area (Å²) in [6.07, 6.45) is 3.11. The fourth-order valence-electron chi connectivity index (χ4n) is 2.43. The number of aromatic hydroxyl groups is 1. The standard InChI is InChI=1S/C19H23N3O5.2ClH/c1-2-26-18(24)11-16(13-4-3-8-21-12-13)22-19(25)15-6-5-14(10-17(15)23)27-9-7-20;;/h3-6,8,10,12,16,23H,2,7,9,11,20H2,1H3,(H,22,25);2*1H. The van der Waals surface area contributed by atoms with E-state index in [0.29, 0.717) is 24.5 Å². The van der Waals surface area contributed by atoms with Gasteiger partial charge in [0.05, 0.1) is 24.6 Å². The average molecular weight is 446 g/mol. The summed E-state index contributed by atoms with van der Waals surface area (Å²) in [4.78, 5) is 28.5. The Hall–Kier alpha value is -2.55. The first-order valence-corrected chi connectivity index (χ1v) is 8.57. The summed E-state index contributed by atoms with van der Waals surface area (Å²) in [5, 5.41) is 12.9. The van der Waals surface area contributed by atoms with Gasteiger partial charge in [0.25, 0.3) is 5.91 Å². The van der Waals surface area contributed by atoms with Crippen molar-refractivity contribution in [2.75, 3.05) is 19.8 Å². The predicted octanol–water partition coefficient (Wildman–Crippen LogP) is 2.39. The summed E-state index contributed by atoms with van der Waals surface area (Å²) >= 11 is 0. The van der Waals surface area contributed by atoms with Gasteiger partial charge in [-0.2, -0.15) is 0 Å². The summed E-state index contributed by atoms with van der Waals surface area (Å²) in [5.41, 5.74) is 6.09. The largest absolute Gasteiger partial charge is 0.507 e. The Morgan fingerprint density at radius 1 is 1.28 bits per heavy atom. The van der Waals surface area contributed by atoms with E-state index in [1.54, 1.807) is 37.5 Å². The van der Waals surface area contributed by atoms with Crippen molar-refractivity contribution in [3.8, 4) is 11.5 Å². The number of carbonyl (C=O) groups excluding carboxylic acids is 2. The third kappa shape index (κ3) is 8.15. The van der Waals surface area contributed by atoms with E-state index >= 15 is 0 Å². The van der Waals surface area contributed by atoms with Crippen LogP contribution in [0.2, 0.25) is 0 Å². The van der Waals surface area contributed by atoms with Gasteiger partial charge in [0.1, 0.15) is 18.1 Å². The number of pyridine rings is 1. The topological polar surface area (TPSA) is 124 Å². The molecule has 0 saturated carbocycles. The van der Waals surface area contributed by atoms with Gasteiger partial charge in [0.15, 0.2) is 0 Å². The molecule has 0 aliphatic rings. The second kappa shape index (κ2) is 13.6. The summed E-state index contributed by atoms with van der Waals surface area (Å²) in [5.74, 6) is -0.801. The highest BCUT2D eigenvalue weighted by Gasteiger charge is 2.22. The number of phenolic OH excluding ortho intramolecular Hbond substituents is 1. The Morgan fingerprint density at radius 3 is 2.62 bits per heavy atom. The number of benzene rings is 1. The van der Waals surface area contributed by atoms with Crippen LogP contribution in [0.15, 0.2) is 42.7 Å². The van der Waals surface area contributed by atoms with Crippen LogP contribution in [0.25, 0.3) is 0 Å². The van der Waals surface area contributed by atoms with Crippen molar-refractivity contribution in [3.05, 3.63) is 53.9 Å². The Labute approximate surface area is 181 Å². The third-order valence-corrected chi connectivity index (χ3v) is 3.67. The number of nitrogens with zero attached hydrogens (tertiary/aromatic N) is 1. The Morgan fingerprint density at radius 2 is 2.03 bits per heavy atom. The van der Waals surface area contributed by atoms with Crippen molar-refractivity contribution in [3.63, 3.8) is 0 Å². The van der Waals surface area contributed by atoms with Crippen molar-refractivity contribution in [2.24, 2.45) is 5.73 Å². The van der Waals surface area contributed by atoms with E-state index in [1.165, 1.54) is 12.1 Å². The van der Waals surface area contributed by atoms with Gasteiger partial charge in [-0.15, -0.1) is 24.8 Å². The number of ether oxygens (including phenoxy) is 2. The molecule has 1 atom stereocenters. The minimum Gasteiger partial charge on any atom is -0.507 e. The van der Waals surface area contributed by atoms with Crippen LogP contribution in [0.5, 0.6) is 11.5 Å². The minimum atomic E-state index is -0.641. The van der Waals surface area contributed by atoms with Crippen LogP contribution in [0, 0.1) is 0 Å². The molecule has 1 aromatic heterocycles. The predicted molar refractivity (Wildman–Crippen MR) is 113 cm³/mol. The van der Waals surface area contributed by atoms with Crippen molar-refractivity contribution < 1.29 is 24.2 Å². The molecule has 1 amide bonds. The molecule has 1 aromatic carbocycles. The molecule has 2 aromatic rings. The van der Waals surface area contributed by atoms with E-state index in [9.17, 15) is 14.7 Å². The quantitative estimate of drug-likeness (QED) is 0.506. The molecular formula is C19H25Cl2N3O5. The molecule has 1 unspecified atom stereocenters. The number of hydrogen-bond donors (Lipinski definition) is 3. The monoisotopic (exact) mass is 445 g/mol. The van der Waals surface area contributed by atoms with E-state index in [-0.39, 0.29) is 49.2 Å². The van der Waals surface area contributed by atoms with Gasteiger partial charge in [-0.25, -0.2) is 0 Å². The van der Waals surface area contributed by atoms with E-state index in [0.717, 1.165) is 0 Å². The van der Waals surface area contributed by atoms with Gasteiger partial charge in [0, 0.05) is 25.0 Å². The van der Waals surface area contributed by atoms with E-state index in [4.69, 9.17) is 15.2 Å². The normalized spacial score (nSPS) is 10.7. The smallest absolute Gasteiger partial charge is 0.308 e. The first kappa shape index (κ1) is 26.4. The number of hydrogen-bond acceptors (Lipinski definition) is 7. The van der Waals surface area contributed by atoms with Gasteiger partial charge in [-0.05, 0) is 30.7 Å². The number of nitrogens with two attached hydrogens (primary N) is 1. The van der Waals surface area contributed by atoms with Crippen LogP contribution in [-0.2, 0) is 9.53 Å². The fourth-order valence-corrected chi connectivity index (χ4v) is 2.43. The zero-order valence-corrected chi connectivity index (χ0v) is 17.5. The molecule has 29 heavy (non-hydrogen) atoms. The van der Waals surface area contributed by atoms with Gasteiger partial charge < -0.3 is 25.6 Å². The second-order valence-corrected chi connectivity index (χ2v) is 5.64. The van der Waals surface area contributed by atoms with Crippen LogP contribution >= 0.6 is 24.8 Å². The molecule has 0 spiro atoms. The van der Waals surface area contributed by atoms with Crippen molar-refractivity contribution >= 4 is 36.7 Å². The van der Waals surface area contributed by atoms with E-state index in [2.05, 4.69) is 10.3 Å². The lowest BCUT2D eigenvalue weighted by molar-refractivity contribution is -0.143. The van der Waals surface area contributed by atoms with Gasteiger partial charge in [0.2, 0.25) is 0 Å². The number of carbonyl (C=O) groups is 2. The first-order chi connectivity index (χ1) is 13.0. The maximum absolute atomic E-state index is 12.6. The number of amides is 1. The molecule has 0 radical (unpaired) electrons. The molecule has 10 heteroatoms. The molecular weight excluding hydrogens is 421 g/mol. The number of esters is 1. The minimum absolute atomic E-state index is 0. The summed E-state index contributed by atoms with van der Waals surface area (Å²) in [6.45, 7) is 2.59. The molecule has 8 nitrogen and oxygen atoms in total. The van der Waals surface area contributed by atoms with Crippen LogP contribution in [0.3, 0.4) is 0 Å². The van der Waals surface area contributed by atoms with Gasteiger partial charge in [-0.1, -0.05) is 6.07 Å². The van der Waals surface area contributed by atoms with Crippen LogP contribution in [0.4, 0.5) is 0 Å². The fraction of sp³-hybridized carbons (Fsp3) is 0.316. The summed E-state index contributed by atoms with van der Waals surface area (Å²) in [7, 11) is 0. The first-order valence-electron chi connectivity index (χ1n) is 8.57. The Balaban J connectivity index is 0.00000392. The van der Waals surface area contributed by atoms with Gasteiger partial charge >= 0.3 is 5.97 Å². The van der Waals surface area contributed by atoms with Crippen molar-refractivity contribution in [1.29, 1.82) is 0 Å². The highest BCUT2D eigenvalue weighted by Crippen LogP contribution is 2.25. The molecule has 0 saturated heterocycles.